The van der Waals surface area contributed by atoms with E-state index >= 15 is 0 Å². The standard InChI is InChI=1S/C21H22N2O5/c1-3-27-20(24)14-5-7-18-17(10-14)12-23(26)13-22(18)11-16-9-15(6-8-19(16)23)21(25)28-4-2/h5-10H,3-4,11-13H2,1-2H3/t23-/m1/s1. The molecule has 2 aromatic rings. The molecule has 0 N–H and O–H groups in total. The molecule has 0 aromatic heterocycles. The highest BCUT2D eigenvalue weighted by Gasteiger charge is 2.39. The number of hydrogen-bond acceptors (Lipinski definition) is 6. The van der Waals surface area contributed by atoms with Crippen LogP contribution >= 0.6 is 0 Å². The van der Waals surface area contributed by atoms with E-state index in [2.05, 4.69) is 0 Å². The molecule has 28 heavy (non-hydrogen) atoms. The lowest BCUT2D eigenvalue weighted by Crippen LogP contribution is -2.57. The number of ether oxygens (including phenoxy) is 2. The zero-order valence-corrected chi connectivity index (χ0v) is 15.9. The van der Waals surface area contributed by atoms with E-state index in [1.165, 1.54) is 0 Å². The van der Waals surface area contributed by atoms with Crippen molar-refractivity contribution in [1.82, 2.24) is 4.65 Å². The van der Waals surface area contributed by atoms with Crippen molar-refractivity contribution in [2.45, 2.75) is 26.9 Å². The van der Waals surface area contributed by atoms with Crippen LogP contribution in [0.4, 0.5) is 11.4 Å². The Kier molecular flexibility index (Phi) is 4.56. The molecule has 0 amide bonds. The molecule has 2 aromatic carbocycles. The van der Waals surface area contributed by atoms with E-state index < -0.39 is 4.65 Å². The first-order valence-corrected chi connectivity index (χ1v) is 9.39. The van der Waals surface area contributed by atoms with Gasteiger partial charge in [0.2, 0.25) is 0 Å². The van der Waals surface area contributed by atoms with Crippen molar-refractivity contribution < 1.29 is 19.1 Å². The molecule has 1 atom stereocenters. The van der Waals surface area contributed by atoms with E-state index in [1.807, 2.05) is 11.0 Å². The minimum absolute atomic E-state index is 0.227. The number of benzene rings is 2. The third-order valence-electron chi connectivity index (χ3n) is 5.15. The van der Waals surface area contributed by atoms with Crippen molar-refractivity contribution in [1.29, 1.82) is 0 Å². The summed E-state index contributed by atoms with van der Waals surface area (Å²) in [5.41, 5.74) is 4.14. The molecule has 2 bridgehead atoms. The maximum atomic E-state index is 13.6. The van der Waals surface area contributed by atoms with Crippen molar-refractivity contribution in [3.05, 3.63) is 63.9 Å². The lowest BCUT2D eigenvalue weighted by atomic mass is 9.98. The quantitative estimate of drug-likeness (QED) is 0.458. The molecule has 0 saturated heterocycles. The zero-order valence-electron chi connectivity index (χ0n) is 15.9. The third-order valence-corrected chi connectivity index (χ3v) is 5.15. The highest BCUT2D eigenvalue weighted by Crippen LogP contribution is 2.42. The number of carbonyl (C=O) groups excluding carboxylic acids is 2. The molecule has 7 nitrogen and oxygen atoms in total. The first-order valence-electron chi connectivity index (χ1n) is 9.39. The number of rotatable bonds is 4. The number of hydroxylamine groups is 2. The predicted molar refractivity (Wildman–Crippen MR) is 105 cm³/mol. The van der Waals surface area contributed by atoms with Gasteiger partial charge >= 0.3 is 11.9 Å². The second kappa shape index (κ2) is 6.92. The van der Waals surface area contributed by atoms with Crippen LogP contribution in [0.3, 0.4) is 0 Å². The van der Waals surface area contributed by atoms with Gasteiger partial charge in [-0.3, -0.25) is 0 Å². The second-order valence-corrected chi connectivity index (χ2v) is 7.01. The fourth-order valence-corrected chi connectivity index (χ4v) is 3.99. The van der Waals surface area contributed by atoms with Gasteiger partial charge in [0, 0.05) is 17.2 Å². The van der Waals surface area contributed by atoms with Crippen LogP contribution in [-0.4, -0.2) is 31.8 Å². The van der Waals surface area contributed by atoms with Crippen LogP contribution in [0.25, 0.3) is 0 Å². The molecule has 2 heterocycles. The van der Waals surface area contributed by atoms with Gasteiger partial charge in [0.25, 0.3) is 0 Å². The fourth-order valence-electron chi connectivity index (χ4n) is 3.99. The summed E-state index contributed by atoms with van der Waals surface area (Å²) in [6, 6.07) is 10.5. The lowest BCUT2D eigenvalue weighted by Gasteiger charge is -2.53. The van der Waals surface area contributed by atoms with Gasteiger partial charge in [0.1, 0.15) is 12.2 Å². The van der Waals surface area contributed by atoms with Crippen LogP contribution in [0, 0.1) is 5.21 Å². The maximum Gasteiger partial charge on any atom is 0.338 e. The molecular weight excluding hydrogens is 360 g/mol. The van der Waals surface area contributed by atoms with Crippen molar-refractivity contribution in [2.75, 3.05) is 24.8 Å². The average molecular weight is 382 g/mol. The van der Waals surface area contributed by atoms with Crippen molar-refractivity contribution >= 4 is 23.3 Å². The molecule has 0 radical (unpaired) electrons. The monoisotopic (exact) mass is 382 g/mol. The first kappa shape index (κ1) is 18.5. The Morgan fingerprint density at radius 3 is 2.25 bits per heavy atom. The van der Waals surface area contributed by atoms with E-state index in [0.29, 0.717) is 43.2 Å². The number of carbonyl (C=O) groups is 2. The van der Waals surface area contributed by atoms with E-state index in [9.17, 15) is 14.8 Å². The van der Waals surface area contributed by atoms with Crippen molar-refractivity contribution in [3.8, 4) is 0 Å². The van der Waals surface area contributed by atoms with Gasteiger partial charge in [-0.05, 0) is 44.2 Å². The molecule has 0 fully saturated rings. The van der Waals surface area contributed by atoms with Crippen LogP contribution in [0.15, 0.2) is 36.4 Å². The third kappa shape index (κ3) is 3.02. The minimum atomic E-state index is -0.544. The smallest absolute Gasteiger partial charge is 0.338 e. The topological polar surface area (TPSA) is 78.9 Å². The normalized spacial score (nSPS) is 19.5. The van der Waals surface area contributed by atoms with Gasteiger partial charge in [0.15, 0.2) is 6.67 Å². The highest BCUT2D eigenvalue weighted by atomic mass is 16.6. The number of esters is 2. The molecule has 146 valence electrons. The van der Waals surface area contributed by atoms with Crippen LogP contribution in [0.5, 0.6) is 0 Å². The Hall–Kier alpha value is -2.90. The summed E-state index contributed by atoms with van der Waals surface area (Å²) >= 11 is 0. The molecule has 2 aliphatic rings. The second-order valence-electron chi connectivity index (χ2n) is 7.01. The number of nitrogens with zero attached hydrogens (tertiary/aromatic N) is 2. The summed E-state index contributed by atoms with van der Waals surface area (Å²) in [6.07, 6.45) is 0. The molecule has 0 unspecified atom stereocenters. The Morgan fingerprint density at radius 1 is 1.00 bits per heavy atom. The van der Waals surface area contributed by atoms with Crippen molar-refractivity contribution in [3.63, 3.8) is 0 Å². The van der Waals surface area contributed by atoms with Crippen LogP contribution < -0.4 is 9.55 Å². The van der Waals surface area contributed by atoms with E-state index in [0.717, 1.165) is 16.8 Å². The summed E-state index contributed by atoms with van der Waals surface area (Å²) in [5.74, 6) is -0.772. The van der Waals surface area contributed by atoms with Crippen LogP contribution in [-0.2, 0) is 22.6 Å². The Labute approximate surface area is 163 Å². The molecule has 0 aliphatic carbocycles. The number of hydrogen-bond donors (Lipinski definition) is 0. The van der Waals surface area contributed by atoms with E-state index in [4.69, 9.17) is 9.47 Å². The Morgan fingerprint density at radius 2 is 1.61 bits per heavy atom. The van der Waals surface area contributed by atoms with E-state index in [1.54, 1.807) is 44.2 Å². The van der Waals surface area contributed by atoms with E-state index in [-0.39, 0.29) is 18.5 Å². The summed E-state index contributed by atoms with van der Waals surface area (Å²) in [4.78, 5) is 26.1. The number of quaternary nitrogens is 1. The summed E-state index contributed by atoms with van der Waals surface area (Å²) in [7, 11) is 0. The van der Waals surface area contributed by atoms with Gasteiger partial charge in [0.05, 0.1) is 36.6 Å². The molecule has 0 saturated carbocycles. The largest absolute Gasteiger partial charge is 0.626 e. The first-order chi connectivity index (χ1) is 13.4. The van der Waals surface area contributed by atoms with Crippen molar-refractivity contribution in [2.24, 2.45) is 0 Å². The summed E-state index contributed by atoms with van der Waals surface area (Å²) in [6.45, 7) is 5.19. The molecule has 7 heteroatoms. The Balaban J connectivity index is 1.70. The lowest BCUT2D eigenvalue weighted by molar-refractivity contribution is 0.0516. The molecular formula is C21H22N2O5. The SMILES string of the molecule is CCOC(=O)c1ccc2c(c1)C[N@@+]1([O-])CN2Cc2cc(C(=O)OCC)ccc21. The van der Waals surface area contributed by atoms with Crippen LogP contribution in [0.1, 0.15) is 45.7 Å². The number of fused-ring (bicyclic) bond motifs is 6. The maximum absolute atomic E-state index is 13.6. The van der Waals surface area contributed by atoms with Gasteiger partial charge in [-0.2, -0.15) is 0 Å². The fraction of sp³-hybridized carbons (Fsp3) is 0.333. The average Bonchev–Trinajstić information content (AvgIpc) is 2.67. The minimum Gasteiger partial charge on any atom is -0.626 e. The summed E-state index contributed by atoms with van der Waals surface area (Å²) < 4.78 is 9.60. The summed E-state index contributed by atoms with van der Waals surface area (Å²) in [5, 5.41) is 13.6. The van der Waals surface area contributed by atoms with Gasteiger partial charge in [-0.15, -0.1) is 0 Å². The van der Waals surface area contributed by atoms with Gasteiger partial charge in [-0.25, -0.2) is 9.59 Å². The molecule has 4 rings (SSSR count). The number of anilines is 1. The molecule has 0 spiro atoms. The van der Waals surface area contributed by atoms with Crippen LogP contribution in [0.2, 0.25) is 0 Å². The zero-order chi connectivity index (χ0) is 19.9. The highest BCUT2D eigenvalue weighted by molar-refractivity contribution is 5.91. The predicted octanol–water partition coefficient (Wildman–Crippen LogP) is 3.34. The Bertz CT molecular complexity index is 958. The van der Waals surface area contributed by atoms with Gasteiger partial charge in [-0.1, -0.05) is 0 Å². The van der Waals surface area contributed by atoms with Gasteiger partial charge < -0.3 is 24.2 Å². The molecule has 2 aliphatic heterocycles.